The first-order valence-electron chi connectivity index (χ1n) is 10.4. The molecule has 3 atom stereocenters. The first kappa shape index (κ1) is 20.4. The molecule has 3 unspecified atom stereocenters. The smallest absolute Gasteiger partial charge is 0.330 e. The third-order valence-electron chi connectivity index (χ3n) is 6.38. The van der Waals surface area contributed by atoms with Crippen molar-refractivity contribution in [1.29, 1.82) is 0 Å². The monoisotopic (exact) mass is 443 g/mol. The van der Waals surface area contributed by atoms with Crippen molar-refractivity contribution in [1.82, 2.24) is 14.3 Å². The molecular formula is C22H25N3O5S. The van der Waals surface area contributed by atoms with Gasteiger partial charge in [-0.15, -0.1) is 11.8 Å². The maximum Gasteiger partial charge on any atom is 0.330 e. The number of carbonyl (C=O) groups excluding carboxylic acids is 1. The second-order valence-electron chi connectivity index (χ2n) is 8.73. The maximum atomic E-state index is 13.4. The zero-order valence-electron chi connectivity index (χ0n) is 18.0. The Bertz CT molecular complexity index is 1240. The number of allylic oxidation sites excluding steroid dienone is 2. The molecule has 1 aliphatic carbocycles. The lowest BCUT2D eigenvalue weighted by atomic mass is 9.92. The summed E-state index contributed by atoms with van der Waals surface area (Å²) in [5.41, 5.74) is 1.14. The van der Waals surface area contributed by atoms with Crippen LogP contribution >= 0.6 is 11.8 Å². The molecule has 0 fully saturated rings. The van der Waals surface area contributed by atoms with Crippen molar-refractivity contribution >= 4 is 28.8 Å². The fraction of sp³-hybridized carbons (Fsp3) is 0.500. The van der Waals surface area contributed by atoms with Gasteiger partial charge in [-0.05, 0) is 45.8 Å². The van der Waals surface area contributed by atoms with Crippen LogP contribution in [0.5, 0.6) is 5.75 Å². The van der Waals surface area contributed by atoms with E-state index in [1.165, 1.54) is 11.8 Å². The fourth-order valence-corrected chi connectivity index (χ4v) is 6.53. The zero-order chi connectivity index (χ0) is 22.1. The van der Waals surface area contributed by atoms with Gasteiger partial charge in [-0.3, -0.25) is 14.2 Å². The van der Waals surface area contributed by atoms with Gasteiger partial charge >= 0.3 is 5.97 Å². The van der Waals surface area contributed by atoms with Gasteiger partial charge in [0.15, 0.2) is 5.75 Å². The summed E-state index contributed by atoms with van der Waals surface area (Å²) in [5, 5.41) is 16.6. The number of carbonyl (C=O) groups is 1. The fourth-order valence-electron chi connectivity index (χ4n) is 4.85. The lowest BCUT2D eigenvalue weighted by molar-refractivity contribution is -0.141. The lowest BCUT2D eigenvalue weighted by Crippen LogP contribution is -2.50. The molecule has 1 N–H and O–H groups in total. The number of hydrogen-bond acceptors (Lipinski definition) is 7. The number of thioether (sulfide) groups is 1. The van der Waals surface area contributed by atoms with Gasteiger partial charge in [0.25, 0.3) is 5.56 Å². The molecule has 4 heterocycles. The summed E-state index contributed by atoms with van der Waals surface area (Å²) in [6.45, 7) is 6.70. The van der Waals surface area contributed by atoms with Crippen LogP contribution in [0, 0.1) is 6.92 Å². The highest BCUT2D eigenvalue weighted by molar-refractivity contribution is 8.02. The second-order valence-corrected chi connectivity index (χ2v) is 10.7. The van der Waals surface area contributed by atoms with Gasteiger partial charge in [0.05, 0.1) is 23.8 Å². The van der Waals surface area contributed by atoms with Crippen molar-refractivity contribution in [3.05, 3.63) is 45.6 Å². The van der Waals surface area contributed by atoms with Crippen LogP contribution in [0.1, 0.15) is 44.1 Å². The first-order valence-corrected chi connectivity index (χ1v) is 11.2. The van der Waals surface area contributed by atoms with Crippen LogP contribution in [-0.4, -0.2) is 42.0 Å². The van der Waals surface area contributed by atoms with Gasteiger partial charge in [0.2, 0.25) is 0 Å². The molecule has 0 saturated heterocycles. The molecule has 0 saturated carbocycles. The molecule has 0 bridgehead atoms. The standard InChI is InChI=1S/C22H25N3O5S/c1-12-14-16-15(19(27)24-9-6-10-25(23-12)18(14)24)17(26)22(3,20(28)30-16)31-21(2)8-5-7-13(11-21)29-4/h5,7,11,17,26H,6,8-10H2,1-4H3. The summed E-state index contributed by atoms with van der Waals surface area (Å²) in [4.78, 5) is 26.7. The van der Waals surface area contributed by atoms with Gasteiger partial charge in [-0.2, -0.15) is 5.10 Å². The van der Waals surface area contributed by atoms with E-state index in [1.54, 1.807) is 23.3 Å². The van der Waals surface area contributed by atoms with Crippen molar-refractivity contribution in [2.24, 2.45) is 0 Å². The minimum atomic E-state index is -1.36. The topological polar surface area (TPSA) is 95.6 Å². The van der Waals surface area contributed by atoms with E-state index in [9.17, 15) is 14.7 Å². The largest absolute Gasteiger partial charge is 0.497 e. The molecule has 9 heteroatoms. The molecule has 0 aromatic carbocycles. The first-order chi connectivity index (χ1) is 14.7. The van der Waals surface area contributed by atoms with Crippen molar-refractivity contribution in [3.63, 3.8) is 0 Å². The zero-order valence-corrected chi connectivity index (χ0v) is 18.8. The Hall–Kier alpha value is -2.52. The molecule has 2 aliphatic heterocycles. The average molecular weight is 444 g/mol. The van der Waals surface area contributed by atoms with Gasteiger partial charge < -0.3 is 14.6 Å². The number of ether oxygens (including phenoxy) is 2. The van der Waals surface area contributed by atoms with E-state index in [2.05, 4.69) is 5.10 Å². The van der Waals surface area contributed by atoms with Gasteiger partial charge in [0.1, 0.15) is 22.3 Å². The number of aromatic nitrogens is 3. The molecular weight excluding hydrogens is 418 g/mol. The quantitative estimate of drug-likeness (QED) is 0.729. The number of aryl methyl sites for hydroxylation is 3. The highest BCUT2D eigenvalue weighted by Gasteiger charge is 2.54. The summed E-state index contributed by atoms with van der Waals surface area (Å²) in [7, 11) is 1.59. The van der Waals surface area contributed by atoms with Gasteiger partial charge in [0, 0.05) is 17.8 Å². The number of aliphatic hydroxyl groups excluding tert-OH is 1. The molecule has 0 radical (unpaired) electrons. The number of nitrogens with zero attached hydrogens (tertiary/aromatic N) is 3. The third-order valence-corrected chi connectivity index (χ3v) is 7.95. The van der Waals surface area contributed by atoms with E-state index >= 15 is 0 Å². The summed E-state index contributed by atoms with van der Waals surface area (Å²) < 4.78 is 12.7. The molecule has 0 spiro atoms. The van der Waals surface area contributed by atoms with Crippen molar-refractivity contribution in [2.45, 2.75) is 62.3 Å². The summed E-state index contributed by atoms with van der Waals surface area (Å²) in [6, 6.07) is 0. The van der Waals surface area contributed by atoms with Crippen LogP contribution in [0.25, 0.3) is 11.0 Å². The minimum Gasteiger partial charge on any atom is -0.497 e. The number of aliphatic hydroxyl groups is 1. The van der Waals surface area contributed by atoms with Gasteiger partial charge in [-0.25, -0.2) is 4.68 Å². The highest BCUT2D eigenvalue weighted by Crippen LogP contribution is 2.53. The number of esters is 1. The molecule has 5 rings (SSSR count). The predicted octanol–water partition coefficient (Wildman–Crippen LogP) is 2.60. The Morgan fingerprint density at radius 2 is 2.10 bits per heavy atom. The van der Waals surface area contributed by atoms with E-state index in [1.807, 2.05) is 32.1 Å². The Morgan fingerprint density at radius 1 is 1.32 bits per heavy atom. The lowest BCUT2D eigenvalue weighted by Gasteiger charge is -2.42. The third kappa shape index (κ3) is 2.82. The average Bonchev–Trinajstić information content (AvgIpc) is 3.06. The minimum absolute atomic E-state index is 0.137. The number of rotatable bonds is 3. The maximum absolute atomic E-state index is 13.4. The van der Waals surface area contributed by atoms with E-state index in [-0.39, 0.29) is 16.9 Å². The SMILES string of the molecule is COC1=CC(C)(SC2(C)C(=O)Oc3c(c(=O)n4c5c3c(C)nn5CCC4)C2O)CC=C1. The van der Waals surface area contributed by atoms with Crippen LogP contribution in [0.2, 0.25) is 0 Å². The Balaban J connectivity index is 1.66. The highest BCUT2D eigenvalue weighted by atomic mass is 32.2. The van der Waals surface area contributed by atoms with E-state index in [0.717, 1.165) is 6.42 Å². The van der Waals surface area contributed by atoms with Crippen LogP contribution in [-0.2, 0) is 22.6 Å². The molecule has 0 amide bonds. The number of methoxy groups -OCH3 is 1. The number of hydrogen-bond donors (Lipinski definition) is 1. The normalized spacial score (nSPS) is 29.5. The molecule has 164 valence electrons. The van der Waals surface area contributed by atoms with Crippen molar-refractivity contribution in [3.8, 4) is 5.75 Å². The van der Waals surface area contributed by atoms with Crippen molar-refractivity contribution in [2.75, 3.05) is 7.11 Å². The molecule has 2 aromatic rings. The van der Waals surface area contributed by atoms with Gasteiger partial charge in [-0.1, -0.05) is 6.08 Å². The Morgan fingerprint density at radius 3 is 2.84 bits per heavy atom. The van der Waals surface area contributed by atoms with Crippen LogP contribution in [0.3, 0.4) is 0 Å². The van der Waals surface area contributed by atoms with Crippen LogP contribution in [0.15, 0.2) is 28.8 Å². The molecule has 2 aromatic heterocycles. The summed E-state index contributed by atoms with van der Waals surface area (Å²) in [5.74, 6) is 0.278. The van der Waals surface area contributed by atoms with E-state index in [4.69, 9.17) is 9.47 Å². The molecule has 8 nitrogen and oxygen atoms in total. The van der Waals surface area contributed by atoms with Crippen LogP contribution in [0.4, 0.5) is 0 Å². The summed E-state index contributed by atoms with van der Waals surface area (Å²) >= 11 is 1.29. The molecule has 31 heavy (non-hydrogen) atoms. The number of pyridine rings is 1. The van der Waals surface area contributed by atoms with E-state index < -0.39 is 21.6 Å². The summed E-state index contributed by atoms with van der Waals surface area (Å²) in [6.07, 6.45) is 5.91. The predicted molar refractivity (Wildman–Crippen MR) is 117 cm³/mol. The number of fused-ring (bicyclic) bond motifs is 2. The molecule has 3 aliphatic rings. The Labute approximate surface area is 183 Å². The van der Waals surface area contributed by atoms with Crippen molar-refractivity contribution < 1.29 is 19.4 Å². The van der Waals surface area contributed by atoms with Crippen LogP contribution < -0.4 is 10.3 Å². The second kappa shape index (κ2) is 6.74. The van der Waals surface area contributed by atoms with E-state index in [0.29, 0.717) is 42.0 Å². The Kier molecular flexibility index (Phi) is 4.43.